The summed E-state index contributed by atoms with van der Waals surface area (Å²) in [6.07, 6.45) is 2.69. The van der Waals surface area contributed by atoms with Crippen molar-refractivity contribution in [3.63, 3.8) is 0 Å². The summed E-state index contributed by atoms with van der Waals surface area (Å²) in [4.78, 5) is 0. The van der Waals surface area contributed by atoms with Crippen LogP contribution in [0.3, 0.4) is 0 Å². The molecule has 3 nitrogen and oxygen atoms in total. The fourth-order valence-electron chi connectivity index (χ4n) is 2.37. The molecular formula is C14H19FO3. The van der Waals surface area contributed by atoms with Crippen molar-refractivity contribution in [1.29, 1.82) is 0 Å². The second-order valence-corrected chi connectivity index (χ2v) is 5.08. The zero-order valence-electron chi connectivity index (χ0n) is 10.5. The number of halogens is 1. The van der Waals surface area contributed by atoms with Gasteiger partial charge >= 0.3 is 0 Å². The minimum atomic E-state index is -0.803. The van der Waals surface area contributed by atoms with Crippen molar-refractivity contribution in [2.75, 3.05) is 6.61 Å². The fourth-order valence-corrected chi connectivity index (χ4v) is 2.37. The Morgan fingerprint density at radius 3 is 2.67 bits per heavy atom. The highest BCUT2D eigenvalue weighted by Gasteiger charge is 2.32. The molecule has 0 spiro atoms. The first kappa shape index (κ1) is 13.3. The normalized spacial score (nSPS) is 19.8. The Labute approximate surface area is 106 Å². The molecule has 18 heavy (non-hydrogen) atoms. The Bertz CT molecular complexity index is 412. The average Bonchev–Trinajstić information content (AvgIpc) is 2.74. The Kier molecular flexibility index (Phi) is 3.88. The first-order chi connectivity index (χ1) is 8.50. The maximum atomic E-state index is 13.2. The minimum absolute atomic E-state index is 0.149. The van der Waals surface area contributed by atoms with E-state index in [0.29, 0.717) is 24.2 Å². The second-order valence-electron chi connectivity index (χ2n) is 5.08. The predicted molar refractivity (Wildman–Crippen MR) is 65.9 cm³/mol. The topological polar surface area (TPSA) is 49.7 Å². The molecule has 0 saturated heterocycles. The second kappa shape index (κ2) is 5.24. The van der Waals surface area contributed by atoms with E-state index >= 15 is 0 Å². The summed E-state index contributed by atoms with van der Waals surface area (Å²) >= 11 is 0. The van der Waals surface area contributed by atoms with Gasteiger partial charge in [0, 0.05) is 11.6 Å². The van der Waals surface area contributed by atoms with Gasteiger partial charge in [0.1, 0.15) is 18.2 Å². The summed E-state index contributed by atoms with van der Waals surface area (Å²) in [6.45, 7) is 1.75. The zero-order chi connectivity index (χ0) is 13.2. The van der Waals surface area contributed by atoms with Crippen LogP contribution in [0.4, 0.5) is 4.39 Å². The number of aliphatic hydroxyl groups is 2. The summed E-state index contributed by atoms with van der Waals surface area (Å²) in [7, 11) is 0. The summed E-state index contributed by atoms with van der Waals surface area (Å²) in [6, 6.07) is 4.05. The third-order valence-electron chi connectivity index (χ3n) is 3.46. The largest absolute Gasteiger partial charge is 0.490 e. The standard InChI is InChI=1S/C14H19FO3/c1-10(16)12-5-4-11(15)8-13(12)18-9-14(17)6-2-3-7-14/h4-5,8,10,16-17H,2-3,6-7,9H2,1H3/t10-/m0/s1. The van der Waals surface area contributed by atoms with E-state index in [9.17, 15) is 14.6 Å². The SMILES string of the molecule is C[C@H](O)c1ccc(F)cc1OCC1(O)CCCC1. The first-order valence-electron chi connectivity index (χ1n) is 6.33. The summed E-state index contributed by atoms with van der Waals surface area (Å²) in [5.74, 6) is -0.0989. The number of hydrogen-bond acceptors (Lipinski definition) is 3. The van der Waals surface area contributed by atoms with Crippen molar-refractivity contribution < 1.29 is 19.3 Å². The summed E-state index contributed by atoms with van der Waals surface area (Å²) < 4.78 is 18.7. The number of benzene rings is 1. The molecule has 0 aliphatic heterocycles. The quantitative estimate of drug-likeness (QED) is 0.868. The molecule has 0 heterocycles. The van der Waals surface area contributed by atoms with Crippen LogP contribution in [0, 0.1) is 5.82 Å². The molecule has 100 valence electrons. The average molecular weight is 254 g/mol. The van der Waals surface area contributed by atoms with E-state index in [1.165, 1.54) is 18.2 Å². The minimum Gasteiger partial charge on any atom is -0.490 e. The van der Waals surface area contributed by atoms with Gasteiger partial charge in [-0.25, -0.2) is 4.39 Å². The molecule has 1 aliphatic carbocycles. The van der Waals surface area contributed by atoms with Crippen LogP contribution in [0.1, 0.15) is 44.3 Å². The molecule has 4 heteroatoms. The molecule has 2 N–H and O–H groups in total. The van der Waals surface area contributed by atoms with E-state index in [0.717, 1.165) is 12.8 Å². The van der Waals surface area contributed by atoms with Gasteiger partial charge in [0.15, 0.2) is 0 Å². The Morgan fingerprint density at radius 1 is 1.39 bits per heavy atom. The molecule has 1 atom stereocenters. The Balaban J connectivity index is 2.10. The molecule has 2 rings (SSSR count). The van der Waals surface area contributed by atoms with Gasteiger partial charge in [0.25, 0.3) is 0 Å². The van der Waals surface area contributed by atoms with Gasteiger partial charge in [-0.1, -0.05) is 12.8 Å². The lowest BCUT2D eigenvalue weighted by atomic mass is 10.0. The highest BCUT2D eigenvalue weighted by atomic mass is 19.1. The van der Waals surface area contributed by atoms with Crippen LogP contribution in [0.2, 0.25) is 0 Å². The van der Waals surface area contributed by atoms with E-state index < -0.39 is 17.5 Å². The van der Waals surface area contributed by atoms with Crippen molar-refractivity contribution in [3.8, 4) is 5.75 Å². The predicted octanol–water partition coefficient (Wildman–Crippen LogP) is 2.56. The fraction of sp³-hybridized carbons (Fsp3) is 0.571. The molecule has 0 radical (unpaired) electrons. The lowest BCUT2D eigenvalue weighted by molar-refractivity contribution is 0.000373. The van der Waals surface area contributed by atoms with Crippen molar-refractivity contribution in [2.24, 2.45) is 0 Å². The molecule has 1 saturated carbocycles. The highest BCUT2D eigenvalue weighted by Crippen LogP contribution is 2.32. The van der Waals surface area contributed by atoms with Gasteiger partial charge in [0.2, 0.25) is 0 Å². The van der Waals surface area contributed by atoms with Gasteiger partial charge in [-0.3, -0.25) is 0 Å². The van der Waals surface area contributed by atoms with Crippen LogP contribution < -0.4 is 4.74 Å². The van der Waals surface area contributed by atoms with Crippen molar-refractivity contribution in [1.82, 2.24) is 0 Å². The van der Waals surface area contributed by atoms with Gasteiger partial charge in [-0.15, -0.1) is 0 Å². The van der Waals surface area contributed by atoms with Gasteiger partial charge in [0.05, 0.1) is 11.7 Å². The maximum absolute atomic E-state index is 13.2. The molecule has 0 aromatic heterocycles. The van der Waals surface area contributed by atoms with Gasteiger partial charge in [-0.2, -0.15) is 0 Å². The molecule has 0 bridgehead atoms. The molecule has 1 aliphatic rings. The molecular weight excluding hydrogens is 235 g/mol. The smallest absolute Gasteiger partial charge is 0.128 e. The molecule has 0 unspecified atom stereocenters. The summed E-state index contributed by atoms with van der Waals surface area (Å²) in [5.41, 5.74) is -0.263. The number of rotatable bonds is 4. The Hall–Kier alpha value is -1.13. The van der Waals surface area contributed by atoms with Crippen LogP contribution in [-0.2, 0) is 0 Å². The van der Waals surface area contributed by atoms with E-state index in [1.54, 1.807) is 6.92 Å². The van der Waals surface area contributed by atoms with Gasteiger partial charge in [-0.05, 0) is 31.9 Å². The van der Waals surface area contributed by atoms with Crippen molar-refractivity contribution in [2.45, 2.75) is 44.3 Å². The van der Waals surface area contributed by atoms with Crippen LogP contribution >= 0.6 is 0 Å². The van der Waals surface area contributed by atoms with Crippen LogP contribution in [0.25, 0.3) is 0 Å². The highest BCUT2D eigenvalue weighted by molar-refractivity contribution is 5.35. The van der Waals surface area contributed by atoms with E-state index in [-0.39, 0.29) is 6.61 Å². The molecule has 0 amide bonds. The molecule has 1 aromatic carbocycles. The summed E-state index contributed by atoms with van der Waals surface area (Å²) in [5, 5.41) is 19.8. The molecule has 1 aromatic rings. The van der Waals surface area contributed by atoms with Gasteiger partial charge < -0.3 is 14.9 Å². The van der Waals surface area contributed by atoms with Crippen molar-refractivity contribution in [3.05, 3.63) is 29.6 Å². The van der Waals surface area contributed by atoms with Crippen molar-refractivity contribution >= 4 is 0 Å². The van der Waals surface area contributed by atoms with Crippen LogP contribution in [0.15, 0.2) is 18.2 Å². The number of aliphatic hydroxyl groups excluding tert-OH is 1. The Morgan fingerprint density at radius 2 is 2.06 bits per heavy atom. The lowest BCUT2D eigenvalue weighted by Gasteiger charge is -2.23. The van der Waals surface area contributed by atoms with Crippen LogP contribution in [0.5, 0.6) is 5.75 Å². The first-order valence-corrected chi connectivity index (χ1v) is 6.33. The maximum Gasteiger partial charge on any atom is 0.128 e. The zero-order valence-corrected chi connectivity index (χ0v) is 10.5. The molecule has 1 fully saturated rings. The monoisotopic (exact) mass is 254 g/mol. The van der Waals surface area contributed by atoms with Crippen LogP contribution in [-0.4, -0.2) is 22.4 Å². The van der Waals surface area contributed by atoms with E-state index in [4.69, 9.17) is 4.74 Å². The number of hydrogen-bond donors (Lipinski definition) is 2. The van der Waals surface area contributed by atoms with E-state index in [2.05, 4.69) is 0 Å². The third-order valence-corrected chi connectivity index (χ3v) is 3.46. The number of ether oxygens (including phenoxy) is 1. The lowest BCUT2D eigenvalue weighted by Crippen LogP contribution is -2.32. The van der Waals surface area contributed by atoms with E-state index in [1.807, 2.05) is 0 Å². The third kappa shape index (κ3) is 3.00.